The van der Waals surface area contributed by atoms with Crippen LogP contribution in [0.3, 0.4) is 0 Å². The normalized spacial score (nSPS) is 13.8. The van der Waals surface area contributed by atoms with Gasteiger partial charge in [-0.3, -0.25) is 4.79 Å². The Hall–Kier alpha value is -1.33. The monoisotopic (exact) mass is 220 g/mol. The molecule has 16 heavy (non-hydrogen) atoms. The van der Waals surface area contributed by atoms with E-state index in [-0.39, 0.29) is 12.4 Å². The summed E-state index contributed by atoms with van der Waals surface area (Å²) in [5.74, 6) is 0.593. The average molecular weight is 220 g/mol. The smallest absolute Gasteiger partial charge is 0.486 e. The van der Waals surface area contributed by atoms with Gasteiger partial charge in [-0.1, -0.05) is 6.07 Å². The molecule has 1 aromatic rings. The van der Waals surface area contributed by atoms with Crippen LogP contribution >= 0.6 is 0 Å². The maximum Gasteiger partial charge on any atom is 0.492 e. The second-order valence-corrected chi connectivity index (χ2v) is 3.92. The molecule has 0 radical (unpaired) electrons. The molecule has 0 saturated heterocycles. The Kier molecular flexibility index (Phi) is 2.98. The van der Waals surface area contributed by atoms with Crippen LogP contribution in [0.4, 0.5) is 0 Å². The van der Waals surface area contributed by atoms with E-state index in [9.17, 15) is 9.82 Å². The maximum absolute atomic E-state index is 10.8. The zero-order chi connectivity index (χ0) is 11.7. The van der Waals surface area contributed by atoms with Crippen LogP contribution in [-0.2, 0) is 16.1 Å². The quantitative estimate of drug-likeness (QED) is 0.738. The first kappa shape index (κ1) is 11.2. The number of benzene rings is 1. The fraction of sp³-hybridized carbons (Fsp3) is 0.364. The summed E-state index contributed by atoms with van der Waals surface area (Å²) in [6, 6.07) is 3.66. The molecule has 5 heteroatoms. The highest BCUT2D eigenvalue weighted by Crippen LogP contribution is 2.21. The predicted octanol–water partition coefficient (Wildman–Crippen LogP) is 0.181. The Bertz CT molecular complexity index is 430. The zero-order valence-corrected chi connectivity index (χ0v) is 9.32. The third-order valence-electron chi connectivity index (χ3n) is 2.63. The Morgan fingerprint density at radius 1 is 1.62 bits per heavy atom. The van der Waals surface area contributed by atoms with Gasteiger partial charge in [-0.15, -0.1) is 0 Å². The highest BCUT2D eigenvalue weighted by molar-refractivity contribution is 6.62. The van der Waals surface area contributed by atoms with Crippen molar-refractivity contribution in [3.8, 4) is 5.75 Å². The standard InChI is InChI=1S/C11H13BO4/c1-7(13)5-15-10-4-3-9-6-16-12(14)11(9)8(10)2/h3-4,14H,5-6H2,1-2H3. The van der Waals surface area contributed by atoms with Gasteiger partial charge in [-0.2, -0.15) is 0 Å². The predicted molar refractivity (Wildman–Crippen MR) is 59.8 cm³/mol. The van der Waals surface area contributed by atoms with Crippen LogP contribution in [0, 0.1) is 6.92 Å². The molecule has 1 aromatic carbocycles. The number of hydrogen-bond donors (Lipinski definition) is 1. The van der Waals surface area contributed by atoms with Crippen LogP contribution in [0.5, 0.6) is 5.75 Å². The van der Waals surface area contributed by atoms with Crippen molar-refractivity contribution in [2.24, 2.45) is 0 Å². The Balaban J connectivity index is 2.28. The van der Waals surface area contributed by atoms with E-state index in [0.717, 1.165) is 16.6 Å². The third-order valence-corrected chi connectivity index (χ3v) is 2.63. The molecule has 2 rings (SSSR count). The molecule has 0 unspecified atom stereocenters. The Labute approximate surface area is 94.3 Å². The first-order chi connectivity index (χ1) is 7.59. The molecular weight excluding hydrogens is 207 g/mol. The fourth-order valence-corrected chi connectivity index (χ4v) is 1.82. The fourth-order valence-electron chi connectivity index (χ4n) is 1.82. The summed E-state index contributed by atoms with van der Waals surface area (Å²) in [6.07, 6.45) is 0. The molecule has 1 heterocycles. The van der Waals surface area contributed by atoms with Crippen molar-refractivity contribution in [2.75, 3.05) is 6.61 Å². The number of ketones is 1. The molecule has 1 aliphatic rings. The van der Waals surface area contributed by atoms with Crippen LogP contribution in [0.15, 0.2) is 12.1 Å². The van der Waals surface area contributed by atoms with Gasteiger partial charge in [0.05, 0.1) is 6.61 Å². The van der Waals surface area contributed by atoms with Crippen molar-refractivity contribution in [3.63, 3.8) is 0 Å². The minimum Gasteiger partial charge on any atom is -0.486 e. The van der Waals surface area contributed by atoms with Gasteiger partial charge in [-0.25, -0.2) is 0 Å². The lowest BCUT2D eigenvalue weighted by atomic mass is 9.76. The summed E-state index contributed by atoms with van der Waals surface area (Å²) in [5.41, 5.74) is 2.57. The number of carbonyl (C=O) groups is 1. The number of carbonyl (C=O) groups excluding carboxylic acids is 1. The van der Waals surface area contributed by atoms with Gasteiger partial charge in [-0.05, 0) is 36.5 Å². The largest absolute Gasteiger partial charge is 0.492 e. The van der Waals surface area contributed by atoms with Crippen LogP contribution in [0.2, 0.25) is 0 Å². The maximum atomic E-state index is 10.8. The lowest BCUT2D eigenvalue weighted by molar-refractivity contribution is -0.118. The van der Waals surface area contributed by atoms with Gasteiger partial charge in [0, 0.05) is 0 Å². The zero-order valence-electron chi connectivity index (χ0n) is 9.32. The second kappa shape index (κ2) is 4.27. The molecule has 84 valence electrons. The summed E-state index contributed by atoms with van der Waals surface area (Å²) in [5, 5.41) is 9.62. The van der Waals surface area contributed by atoms with Crippen molar-refractivity contribution in [2.45, 2.75) is 20.5 Å². The summed E-state index contributed by atoms with van der Waals surface area (Å²) < 4.78 is 10.5. The Morgan fingerprint density at radius 3 is 3.06 bits per heavy atom. The summed E-state index contributed by atoms with van der Waals surface area (Å²) in [4.78, 5) is 10.8. The van der Waals surface area contributed by atoms with E-state index in [4.69, 9.17) is 9.39 Å². The van der Waals surface area contributed by atoms with Crippen molar-refractivity contribution in [1.82, 2.24) is 0 Å². The summed E-state index contributed by atoms with van der Waals surface area (Å²) in [7, 11) is -0.879. The van der Waals surface area contributed by atoms with E-state index >= 15 is 0 Å². The van der Waals surface area contributed by atoms with E-state index in [1.807, 2.05) is 13.0 Å². The number of rotatable bonds is 3. The topological polar surface area (TPSA) is 55.8 Å². The molecular formula is C11H13BO4. The SMILES string of the molecule is CC(=O)COc1ccc2c(c1C)B(O)OC2. The molecule has 0 aromatic heterocycles. The van der Waals surface area contributed by atoms with Gasteiger partial charge in [0.2, 0.25) is 0 Å². The van der Waals surface area contributed by atoms with Crippen LogP contribution in [0.25, 0.3) is 0 Å². The summed E-state index contributed by atoms with van der Waals surface area (Å²) >= 11 is 0. The molecule has 1 N–H and O–H groups in total. The first-order valence-electron chi connectivity index (χ1n) is 5.14. The molecule has 4 nitrogen and oxygen atoms in total. The molecule has 0 aliphatic carbocycles. The summed E-state index contributed by atoms with van der Waals surface area (Å²) in [6.45, 7) is 3.80. The second-order valence-electron chi connectivity index (χ2n) is 3.92. The number of Topliss-reactive ketones (excluding diaryl/α,β-unsaturated/α-hetero) is 1. The van der Waals surface area contributed by atoms with E-state index in [1.54, 1.807) is 6.07 Å². The van der Waals surface area contributed by atoms with Crippen molar-refractivity contribution >= 4 is 18.4 Å². The van der Waals surface area contributed by atoms with Gasteiger partial charge in [0.25, 0.3) is 0 Å². The minimum absolute atomic E-state index is 0.0308. The van der Waals surface area contributed by atoms with E-state index in [0.29, 0.717) is 12.4 Å². The molecule has 0 atom stereocenters. The minimum atomic E-state index is -0.879. The molecule has 0 fully saturated rings. The van der Waals surface area contributed by atoms with Gasteiger partial charge in [0.1, 0.15) is 12.4 Å². The van der Waals surface area contributed by atoms with E-state index in [1.165, 1.54) is 6.92 Å². The van der Waals surface area contributed by atoms with Crippen molar-refractivity contribution < 1.29 is 19.2 Å². The van der Waals surface area contributed by atoms with Crippen molar-refractivity contribution in [1.29, 1.82) is 0 Å². The molecule has 0 bridgehead atoms. The number of hydrogen-bond acceptors (Lipinski definition) is 4. The molecule has 0 amide bonds. The number of ether oxygens (including phenoxy) is 1. The average Bonchev–Trinajstić information content (AvgIpc) is 2.60. The highest BCUT2D eigenvalue weighted by atomic mass is 16.5. The van der Waals surface area contributed by atoms with Gasteiger partial charge < -0.3 is 14.4 Å². The van der Waals surface area contributed by atoms with Crippen LogP contribution in [-0.4, -0.2) is 24.5 Å². The Morgan fingerprint density at radius 2 is 2.38 bits per heavy atom. The van der Waals surface area contributed by atoms with Crippen molar-refractivity contribution in [3.05, 3.63) is 23.3 Å². The highest BCUT2D eigenvalue weighted by Gasteiger charge is 2.30. The van der Waals surface area contributed by atoms with Crippen LogP contribution in [0.1, 0.15) is 18.1 Å². The first-order valence-corrected chi connectivity index (χ1v) is 5.14. The van der Waals surface area contributed by atoms with Gasteiger partial charge in [0.15, 0.2) is 5.78 Å². The lowest BCUT2D eigenvalue weighted by Crippen LogP contribution is -2.31. The van der Waals surface area contributed by atoms with Gasteiger partial charge >= 0.3 is 7.12 Å². The van der Waals surface area contributed by atoms with Crippen LogP contribution < -0.4 is 10.2 Å². The van der Waals surface area contributed by atoms with E-state index in [2.05, 4.69) is 0 Å². The van der Waals surface area contributed by atoms with E-state index < -0.39 is 7.12 Å². The molecule has 1 aliphatic heterocycles. The lowest BCUT2D eigenvalue weighted by Gasteiger charge is -2.11. The molecule has 0 spiro atoms. The third kappa shape index (κ3) is 1.96. The molecule has 0 saturated carbocycles. The number of fused-ring (bicyclic) bond motifs is 1.